The first kappa shape index (κ1) is 10.9. The first-order valence-corrected chi connectivity index (χ1v) is 5.19. The number of hydrogen-bond donors (Lipinski definition) is 1. The van der Waals surface area contributed by atoms with Crippen LogP contribution in [0.25, 0.3) is 0 Å². The van der Waals surface area contributed by atoms with Crippen LogP contribution >= 0.6 is 0 Å². The van der Waals surface area contributed by atoms with Gasteiger partial charge in [0.05, 0.1) is 13.2 Å². The van der Waals surface area contributed by atoms with Crippen LogP contribution in [0, 0.1) is 0 Å². The van der Waals surface area contributed by atoms with Gasteiger partial charge in [0, 0.05) is 26.3 Å². The van der Waals surface area contributed by atoms with Gasteiger partial charge in [-0.1, -0.05) is 0 Å². The molecule has 1 aliphatic rings. The second-order valence-electron chi connectivity index (χ2n) is 3.72. The minimum atomic E-state index is 0.232. The Hall–Kier alpha value is -1.56. The van der Waals surface area contributed by atoms with E-state index in [1.54, 1.807) is 20.3 Å². The lowest BCUT2D eigenvalue weighted by atomic mass is 10.3. The molecule has 0 aliphatic carbocycles. The van der Waals surface area contributed by atoms with Crippen LogP contribution in [0.1, 0.15) is 6.42 Å². The van der Waals surface area contributed by atoms with E-state index in [-0.39, 0.29) is 12.1 Å². The van der Waals surface area contributed by atoms with Crippen molar-refractivity contribution < 1.29 is 9.47 Å². The summed E-state index contributed by atoms with van der Waals surface area (Å²) in [7, 11) is 3.29. The highest BCUT2D eigenvalue weighted by atomic mass is 16.5. The summed E-state index contributed by atoms with van der Waals surface area (Å²) in [5.74, 6) is 1.52. The highest BCUT2D eigenvalue weighted by Crippen LogP contribution is 2.23. The number of nitrogens with two attached hydrogens (primary N) is 1. The highest BCUT2D eigenvalue weighted by Gasteiger charge is 2.23. The molecule has 88 valence electrons. The fourth-order valence-electron chi connectivity index (χ4n) is 1.83. The van der Waals surface area contributed by atoms with Crippen molar-refractivity contribution in [3.8, 4) is 5.88 Å². The molecule has 1 saturated heterocycles. The van der Waals surface area contributed by atoms with E-state index in [1.807, 2.05) is 0 Å². The van der Waals surface area contributed by atoms with Gasteiger partial charge in [-0.05, 0) is 6.42 Å². The minimum absolute atomic E-state index is 0.232. The lowest BCUT2D eigenvalue weighted by Gasteiger charge is -2.17. The van der Waals surface area contributed by atoms with Crippen molar-refractivity contribution >= 4 is 11.8 Å². The van der Waals surface area contributed by atoms with E-state index in [2.05, 4.69) is 14.9 Å². The maximum atomic E-state index is 5.61. The summed E-state index contributed by atoms with van der Waals surface area (Å²) in [6.45, 7) is 1.74. The summed E-state index contributed by atoms with van der Waals surface area (Å²) >= 11 is 0. The molecular weight excluding hydrogens is 208 g/mol. The zero-order valence-electron chi connectivity index (χ0n) is 9.51. The van der Waals surface area contributed by atoms with Crippen molar-refractivity contribution in [1.82, 2.24) is 9.97 Å². The molecule has 1 aromatic rings. The monoisotopic (exact) mass is 224 g/mol. The summed E-state index contributed by atoms with van der Waals surface area (Å²) in [4.78, 5) is 10.3. The molecule has 1 aromatic heterocycles. The number of nitrogen functional groups attached to an aromatic ring is 1. The third-order valence-corrected chi connectivity index (χ3v) is 2.72. The van der Waals surface area contributed by atoms with Crippen molar-refractivity contribution in [3.05, 3.63) is 6.07 Å². The molecule has 0 aromatic carbocycles. The molecule has 1 atom stereocenters. The van der Waals surface area contributed by atoms with Gasteiger partial charge in [-0.25, -0.2) is 0 Å². The van der Waals surface area contributed by atoms with Gasteiger partial charge in [-0.2, -0.15) is 9.97 Å². The lowest BCUT2D eigenvalue weighted by Crippen LogP contribution is -2.23. The molecule has 0 bridgehead atoms. The van der Waals surface area contributed by atoms with Crippen LogP contribution in [-0.4, -0.2) is 43.4 Å². The Kier molecular flexibility index (Phi) is 3.09. The van der Waals surface area contributed by atoms with E-state index in [0.29, 0.717) is 5.88 Å². The van der Waals surface area contributed by atoms with Crippen LogP contribution in [-0.2, 0) is 4.74 Å². The van der Waals surface area contributed by atoms with Gasteiger partial charge < -0.3 is 20.1 Å². The van der Waals surface area contributed by atoms with E-state index >= 15 is 0 Å². The van der Waals surface area contributed by atoms with E-state index in [1.165, 1.54) is 0 Å². The minimum Gasteiger partial charge on any atom is -0.481 e. The third-order valence-electron chi connectivity index (χ3n) is 2.72. The Morgan fingerprint density at radius 3 is 2.88 bits per heavy atom. The second kappa shape index (κ2) is 4.52. The average Bonchev–Trinajstić information content (AvgIpc) is 2.76. The summed E-state index contributed by atoms with van der Waals surface area (Å²) in [6.07, 6.45) is 1.27. The van der Waals surface area contributed by atoms with Gasteiger partial charge in [-0.15, -0.1) is 0 Å². The topological polar surface area (TPSA) is 73.5 Å². The Bertz CT molecular complexity index is 372. The fraction of sp³-hybridized carbons (Fsp3) is 0.600. The van der Waals surface area contributed by atoms with Crippen molar-refractivity contribution in [2.45, 2.75) is 12.5 Å². The van der Waals surface area contributed by atoms with Gasteiger partial charge in [0.25, 0.3) is 0 Å². The van der Waals surface area contributed by atoms with E-state index in [9.17, 15) is 0 Å². The zero-order chi connectivity index (χ0) is 11.5. The van der Waals surface area contributed by atoms with E-state index in [4.69, 9.17) is 15.2 Å². The number of ether oxygens (including phenoxy) is 2. The highest BCUT2D eigenvalue weighted by molar-refractivity contribution is 5.46. The van der Waals surface area contributed by atoms with Crippen molar-refractivity contribution in [2.75, 3.05) is 37.9 Å². The smallest absolute Gasteiger partial charge is 0.225 e. The number of anilines is 2. The molecule has 0 saturated carbocycles. The number of nitrogens with zero attached hydrogens (tertiary/aromatic N) is 3. The Morgan fingerprint density at radius 2 is 2.25 bits per heavy atom. The molecular formula is C10H16N4O2. The first-order chi connectivity index (χ1) is 7.72. The Morgan fingerprint density at radius 1 is 1.44 bits per heavy atom. The van der Waals surface area contributed by atoms with Crippen molar-refractivity contribution in [1.29, 1.82) is 0 Å². The van der Waals surface area contributed by atoms with E-state index in [0.717, 1.165) is 25.3 Å². The molecule has 1 aliphatic heterocycles. The molecule has 2 rings (SSSR count). The predicted molar refractivity (Wildman–Crippen MR) is 60.6 cm³/mol. The molecule has 16 heavy (non-hydrogen) atoms. The molecule has 6 heteroatoms. The molecule has 0 amide bonds. The van der Waals surface area contributed by atoms with Gasteiger partial charge >= 0.3 is 0 Å². The average molecular weight is 224 g/mol. The summed E-state index contributed by atoms with van der Waals surface area (Å²) < 4.78 is 10.4. The normalized spacial score (nSPS) is 20.1. The SMILES string of the molecule is COc1cc(N2CCC(OC)C2)nc(N)n1. The summed E-state index contributed by atoms with van der Waals surface area (Å²) in [6, 6.07) is 1.79. The molecule has 2 N–H and O–H groups in total. The van der Waals surface area contributed by atoms with Gasteiger partial charge in [-0.3, -0.25) is 0 Å². The predicted octanol–water partition coefficient (Wildman–Crippen LogP) is 0.292. The standard InChI is InChI=1S/C10H16N4O2/c1-15-7-3-4-14(6-7)8-5-9(16-2)13-10(11)12-8/h5,7H,3-4,6H2,1-2H3,(H2,11,12,13). The van der Waals surface area contributed by atoms with Crippen molar-refractivity contribution in [3.63, 3.8) is 0 Å². The number of hydrogen-bond acceptors (Lipinski definition) is 6. The molecule has 2 heterocycles. The number of aromatic nitrogens is 2. The Balaban J connectivity index is 2.17. The molecule has 0 radical (unpaired) electrons. The van der Waals surface area contributed by atoms with Gasteiger partial charge in [0.15, 0.2) is 0 Å². The van der Waals surface area contributed by atoms with Crippen LogP contribution in [0.15, 0.2) is 6.07 Å². The third kappa shape index (κ3) is 2.16. The van der Waals surface area contributed by atoms with Crippen LogP contribution < -0.4 is 15.4 Å². The van der Waals surface area contributed by atoms with Gasteiger partial charge in [0.2, 0.25) is 11.8 Å². The maximum Gasteiger partial charge on any atom is 0.225 e. The van der Waals surface area contributed by atoms with E-state index < -0.39 is 0 Å². The van der Waals surface area contributed by atoms with Gasteiger partial charge in [0.1, 0.15) is 5.82 Å². The Labute approximate surface area is 94.4 Å². The second-order valence-corrected chi connectivity index (χ2v) is 3.72. The first-order valence-electron chi connectivity index (χ1n) is 5.19. The zero-order valence-corrected chi connectivity index (χ0v) is 9.51. The summed E-state index contributed by atoms with van der Waals surface area (Å²) in [5, 5.41) is 0. The molecule has 0 spiro atoms. The number of rotatable bonds is 3. The fourth-order valence-corrected chi connectivity index (χ4v) is 1.83. The number of methoxy groups -OCH3 is 2. The van der Waals surface area contributed by atoms with Crippen LogP contribution in [0.3, 0.4) is 0 Å². The van der Waals surface area contributed by atoms with Crippen molar-refractivity contribution in [2.24, 2.45) is 0 Å². The molecule has 6 nitrogen and oxygen atoms in total. The molecule has 1 unspecified atom stereocenters. The maximum absolute atomic E-state index is 5.61. The lowest BCUT2D eigenvalue weighted by molar-refractivity contribution is 0.121. The van der Waals surface area contributed by atoms with Crippen LogP contribution in [0.2, 0.25) is 0 Å². The van der Waals surface area contributed by atoms with Crippen LogP contribution in [0.5, 0.6) is 5.88 Å². The summed E-state index contributed by atoms with van der Waals surface area (Å²) in [5.41, 5.74) is 5.61. The quantitative estimate of drug-likeness (QED) is 0.795. The van der Waals surface area contributed by atoms with Crippen LogP contribution in [0.4, 0.5) is 11.8 Å². The molecule has 1 fully saturated rings. The largest absolute Gasteiger partial charge is 0.481 e.